The summed E-state index contributed by atoms with van der Waals surface area (Å²) in [5.41, 5.74) is -2.64. The van der Waals surface area contributed by atoms with E-state index in [2.05, 4.69) is 110 Å². The Hall–Kier alpha value is -2.77. The highest BCUT2D eigenvalue weighted by Crippen LogP contribution is 2.55. The minimum Gasteiger partial charge on any atom is -0.482 e. The van der Waals surface area contributed by atoms with Gasteiger partial charge in [0.15, 0.2) is 5.60 Å². The average Bonchev–Trinajstić information content (AvgIpc) is 2.81. The van der Waals surface area contributed by atoms with Crippen molar-refractivity contribution in [2.45, 2.75) is 157 Å². The van der Waals surface area contributed by atoms with Gasteiger partial charge < -0.3 is 26.0 Å². The monoisotopic (exact) mass is 663 g/mol. The third-order valence-electron chi connectivity index (χ3n) is 9.85. The van der Waals surface area contributed by atoms with Gasteiger partial charge in [-0.3, -0.25) is 14.4 Å². The van der Waals surface area contributed by atoms with Gasteiger partial charge >= 0.3 is 0 Å². The van der Waals surface area contributed by atoms with Gasteiger partial charge in [-0.25, -0.2) is 0 Å². The van der Waals surface area contributed by atoms with E-state index in [4.69, 9.17) is 4.74 Å². The fraction of sp³-hybridized carbons (Fsp3) is 0.769. The molecule has 0 aromatic rings. The molecule has 0 spiro atoms. The molecule has 3 aliphatic heterocycles. The third kappa shape index (κ3) is 8.45. The van der Waals surface area contributed by atoms with Crippen molar-refractivity contribution in [2.75, 3.05) is 0 Å². The van der Waals surface area contributed by atoms with Gasteiger partial charge in [-0.05, 0) is 34.3 Å². The highest BCUT2D eigenvalue weighted by atomic mass is 16.5. The summed E-state index contributed by atoms with van der Waals surface area (Å²) in [4.78, 5) is 36.6. The lowest BCUT2D eigenvalue weighted by molar-refractivity contribution is -0.178. The predicted molar refractivity (Wildman–Crippen MR) is 199 cm³/mol. The van der Waals surface area contributed by atoms with Crippen molar-refractivity contribution in [3.63, 3.8) is 0 Å². The number of hydrogen-bond acceptors (Lipinski definition) is 5. The fourth-order valence-corrected chi connectivity index (χ4v) is 8.26. The topological polar surface area (TPSA) is 109 Å². The Kier molecular flexibility index (Phi) is 14.6. The van der Waals surface area contributed by atoms with Crippen molar-refractivity contribution in [1.82, 2.24) is 21.3 Å². The summed E-state index contributed by atoms with van der Waals surface area (Å²) in [7, 11) is 0. The zero-order valence-corrected chi connectivity index (χ0v) is 31.8. The van der Waals surface area contributed by atoms with E-state index in [-0.39, 0.29) is 70.5 Å². The first-order valence-corrected chi connectivity index (χ1v) is 16.2. The van der Waals surface area contributed by atoms with Gasteiger partial charge in [0.05, 0.1) is 5.41 Å². The van der Waals surface area contributed by atoms with E-state index in [1.807, 2.05) is 47.7 Å². The second-order valence-corrected chi connectivity index (χ2v) is 18.8. The standard InChI is InChI=1S/C13H23NO.C12H22N2O.C12H21NO2.2CH4/c1-11(2,3)13(12(4,5)6)8-7-9-14-10(13)15;1-10(2,3)12(11(4,5)6)9(15)13-7-8-14-12;1-10(2,3)12(11(4,5)6)9(14)13-7-8-15-12;;/h7,9H,8H2,1-6H3,(H,14,15);7-8,14H,1-6H3,(H,13,15);7-8H,1-6H3,(H,13,14);2*1H4. The van der Waals surface area contributed by atoms with E-state index in [1.165, 1.54) is 6.20 Å². The largest absolute Gasteiger partial charge is 0.482 e. The SMILES string of the molecule is C.C.CC(C)(C)C1(C(C)(C)C)CC=CNC1=O.CC(C)(C)C1(C(C)(C)C)NC=CNC1=O.CC(C)(C)C1(C(C)(C)C)OC=CNC1=O. The van der Waals surface area contributed by atoms with Crippen LogP contribution >= 0.6 is 0 Å². The number of ether oxygens (including phenoxy) is 1. The van der Waals surface area contributed by atoms with Crippen LogP contribution in [0.2, 0.25) is 0 Å². The predicted octanol–water partition coefficient (Wildman–Crippen LogP) is 8.81. The molecule has 47 heavy (non-hydrogen) atoms. The third-order valence-corrected chi connectivity index (χ3v) is 9.85. The molecule has 0 aliphatic carbocycles. The Bertz CT molecular complexity index is 979. The van der Waals surface area contributed by atoms with Crippen LogP contribution in [0.5, 0.6) is 0 Å². The number of carbonyl (C=O) groups excluding carboxylic acids is 3. The number of rotatable bonds is 0. The molecule has 0 bridgehead atoms. The molecule has 0 fully saturated rings. The molecule has 274 valence electrons. The van der Waals surface area contributed by atoms with Crippen LogP contribution < -0.4 is 21.3 Å². The van der Waals surface area contributed by atoms with E-state index < -0.39 is 11.1 Å². The van der Waals surface area contributed by atoms with Crippen LogP contribution in [-0.4, -0.2) is 28.9 Å². The smallest absolute Gasteiger partial charge is 0.269 e. The normalized spacial score (nSPS) is 20.1. The summed E-state index contributed by atoms with van der Waals surface area (Å²) in [6.07, 6.45) is 11.2. The van der Waals surface area contributed by atoms with Crippen LogP contribution in [0.1, 0.15) is 146 Å². The Morgan fingerprint density at radius 3 is 1.17 bits per heavy atom. The molecule has 3 rings (SSSR count). The highest BCUT2D eigenvalue weighted by Gasteiger charge is 2.59. The molecule has 0 atom stereocenters. The summed E-state index contributed by atoms with van der Waals surface area (Å²) >= 11 is 0. The van der Waals surface area contributed by atoms with Gasteiger partial charge in [-0.15, -0.1) is 0 Å². The lowest BCUT2D eigenvalue weighted by atomic mass is 9.51. The molecule has 0 saturated heterocycles. The summed E-state index contributed by atoms with van der Waals surface area (Å²) in [5.74, 6) is 0.139. The van der Waals surface area contributed by atoms with Crippen LogP contribution in [0.25, 0.3) is 0 Å². The summed E-state index contributed by atoms with van der Waals surface area (Å²) < 4.78 is 5.71. The summed E-state index contributed by atoms with van der Waals surface area (Å²) in [6, 6.07) is 0. The first-order chi connectivity index (χ1) is 19.9. The van der Waals surface area contributed by atoms with Crippen LogP contribution in [-0.2, 0) is 19.1 Å². The van der Waals surface area contributed by atoms with Gasteiger partial charge in [0.2, 0.25) is 5.91 Å². The van der Waals surface area contributed by atoms with Crippen LogP contribution in [0.3, 0.4) is 0 Å². The molecular weight excluding hydrogens is 588 g/mol. The summed E-state index contributed by atoms with van der Waals surface area (Å²) in [6.45, 7) is 37.6. The quantitative estimate of drug-likeness (QED) is 0.207. The van der Waals surface area contributed by atoms with Gasteiger partial charge in [-0.2, -0.15) is 0 Å². The maximum absolute atomic E-state index is 12.2. The van der Waals surface area contributed by atoms with Crippen LogP contribution in [0, 0.1) is 37.9 Å². The molecule has 3 amide bonds. The zero-order chi connectivity index (χ0) is 35.7. The van der Waals surface area contributed by atoms with Crippen LogP contribution in [0.15, 0.2) is 37.1 Å². The van der Waals surface area contributed by atoms with E-state index >= 15 is 0 Å². The van der Waals surface area contributed by atoms with E-state index in [9.17, 15) is 14.4 Å². The maximum Gasteiger partial charge on any atom is 0.269 e. The molecule has 8 heteroatoms. The Balaban J connectivity index is 0. The molecule has 3 heterocycles. The highest BCUT2D eigenvalue weighted by molar-refractivity contribution is 5.90. The van der Waals surface area contributed by atoms with Crippen molar-refractivity contribution in [3.8, 4) is 0 Å². The molecular formula is C39H74N4O4. The first kappa shape index (κ1) is 46.3. The van der Waals surface area contributed by atoms with Crippen molar-refractivity contribution in [2.24, 2.45) is 37.9 Å². The van der Waals surface area contributed by atoms with Gasteiger partial charge in [0, 0.05) is 29.4 Å². The van der Waals surface area contributed by atoms with E-state index in [0.717, 1.165) is 6.42 Å². The number of carbonyl (C=O) groups is 3. The van der Waals surface area contributed by atoms with Crippen molar-refractivity contribution < 1.29 is 19.1 Å². The molecule has 0 saturated carbocycles. The molecule has 0 unspecified atom stereocenters. The minimum absolute atomic E-state index is 0. The molecule has 0 aromatic heterocycles. The molecule has 4 N–H and O–H groups in total. The van der Waals surface area contributed by atoms with Gasteiger partial charge in [-0.1, -0.05) is 146 Å². The number of allylic oxidation sites excluding steroid dienone is 1. The van der Waals surface area contributed by atoms with Crippen molar-refractivity contribution >= 4 is 17.7 Å². The molecule has 0 aromatic carbocycles. The minimum atomic E-state index is -0.825. The second-order valence-electron chi connectivity index (χ2n) is 18.8. The van der Waals surface area contributed by atoms with Gasteiger partial charge in [0.1, 0.15) is 11.8 Å². The Labute approximate surface area is 289 Å². The lowest BCUT2D eigenvalue weighted by Crippen LogP contribution is -2.70. The first-order valence-electron chi connectivity index (χ1n) is 16.2. The average molecular weight is 663 g/mol. The summed E-state index contributed by atoms with van der Waals surface area (Å²) in [5, 5.41) is 11.7. The van der Waals surface area contributed by atoms with E-state index in [1.54, 1.807) is 18.7 Å². The Morgan fingerprint density at radius 2 is 0.915 bits per heavy atom. The Morgan fingerprint density at radius 1 is 0.511 bits per heavy atom. The fourth-order valence-electron chi connectivity index (χ4n) is 8.26. The second kappa shape index (κ2) is 14.8. The van der Waals surface area contributed by atoms with Crippen molar-refractivity contribution in [1.29, 1.82) is 0 Å². The number of nitrogens with one attached hydrogen (secondary N) is 4. The zero-order valence-electron chi connectivity index (χ0n) is 31.8. The molecule has 8 nitrogen and oxygen atoms in total. The number of hydrogen-bond donors (Lipinski definition) is 4. The van der Waals surface area contributed by atoms with Crippen molar-refractivity contribution in [3.05, 3.63) is 37.1 Å². The molecule has 3 aliphatic rings. The van der Waals surface area contributed by atoms with E-state index in [0.29, 0.717) is 0 Å². The van der Waals surface area contributed by atoms with Crippen LogP contribution in [0.4, 0.5) is 0 Å². The maximum atomic E-state index is 12.2. The number of amides is 3. The lowest BCUT2D eigenvalue weighted by Gasteiger charge is -2.53. The van der Waals surface area contributed by atoms with Gasteiger partial charge in [0.25, 0.3) is 11.8 Å². The molecule has 0 radical (unpaired) electrons.